The molecule has 1 aromatic rings. The van der Waals surface area contributed by atoms with Gasteiger partial charge in [-0.15, -0.1) is 9.98 Å². The summed E-state index contributed by atoms with van der Waals surface area (Å²) < 4.78 is 39.0. The number of carbonyl (C=O) groups excluding carboxylic acids is 6. The van der Waals surface area contributed by atoms with Gasteiger partial charge in [0.15, 0.2) is 0 Å². The molecule has 0 fully saturated rings. The minimum atomic E-state index is -1.02. The Morgan fingerprint density at radius 1 is 0.479 bits per heavy atom. The van der Waals surface area contributed by atoms with E-state index < -0.39 is 70.2 Å². The number of nitrogens with one attached hydrogen (secondary N) is 4. The van der Waals surface area contributed by atoms with Crippen molar-refractivity contribution < 1.29 is 61.9 Å². The van der Waals surface area contributed by atoms with Gasteiger partial charge in [0, 0.05) is 25.2 Å². The maximum Gasteiger partial charge on any atom is 0.437 e. The highest BCUT2D eigenvalue weighted by molar-refractivity contribution is 6.05. The molecule has 0 saturated carbocycles. The fourth-order valence-electron chi connectivity index (χ4n) is 5.94. The molecule has 21 nitrogen and oxygen atoms in total. The van der Waals surface area contributed by atoms with Crippen LogP contribution in [-0.2, 0) is 28.4 Å². The molecule has 21 heteroatoms. The highest BCUT2D eigenvalue weighted by atomic mass is 16.6. The first-order chi connectivity index (χ1) is 33.3. The lowest BCUT2D eigenvalue weighted by Gasteiger charge is -2.34. The number of hydrogen-bond donors (Lipinski definition) is 4. The van der Waals surface area contributed by atoms with Gasteiger partial charge in [0.2, 0.25) is 11.9 Å². The van der Waals surface area contributed by atoms with Gasteiger partial charge in [-0.25, -0.2) is 38.6 Å². The van der Waals surface area contributed by atoms with E-state index >= 15 is 0 Å². The van der Waals surface area contributed by atoms with Gasteiger partial charge in [0.05, 0.1) is 6.61 Å². The van der Waals surface area contributed by atoms with Crippen molar-refractivity contribution in [3.05, 3.63) is 29.8 Å². The number of ether oxygens (including phenoxy) is 7. The third-order valence-electron chi connectivity index (χ3n) is 8.68. The number of amides is 6. The molecule has 0 radical (unpaired) electrons. The van der Waals surface area contributed by atoms with Crippen LogP contribution in [-0.4, -0.2) is 124 Å². The third-order valence-corrected chi connectivity index (χ3v) is 8.68. The van der Waals surface area contributed by atoms with Gasteiger partial charge >= 0.3 is 36.6 Å². The number of guanidine groups is 2. The van der Waals surface area contributed by atoms with E-state index in [1.54, 1.807) is 149 Å². The molecule has 1 rings (SSSR count). The van der Waals surface area contributed by atoms with Gasteiger partial charge in [0.25, 0.3) is 0 Å². The van der Waals surface area contributed by atoms with E-state index in [4.69, 9.17) is 38.6 Å². The third kappa shape index (κ3) is 32.5. The van der Waals surface area contributed by atoms with E-state index in [9.17, 15) is 28.8 Å². The van der Waals surface area contributed by atoms with Crippen molar-refractivity contribution >= 4 is 54.3 Å². The molecule has 414 valence electrons. The Hall–Kier alpha value is -6.15. The highest BCUT2D eigenvalue weighted by Gasteiger charge is 2.35. The lowest BCUT2D eigenvalue weighted by Crippen LogP contribution is -2.53. The predicted molar refractivity (Wildman–Crippen MR) is 280 cm³/mol. The van der Waals surface area contributed by atoms with Gasteiger partial charge in [-0.1, -0.05) is 25.7 Å². The molecule has 6 amide bonds. The molecular formula is C52H88N8O13. The average Bonchev–Trinajstić information content (AvgIpc) is 3.16. The minimum Gasteiger partial charge on any atom is -0.494 e. The zero-order valence-corrected chi connectivity index (χ0v) is 47.1. The summed E-state index contributed by atoms with van der Waals surface area (Å²) in [6.07, 6.45) is 0.524. The molecule has 0 bridgehead atoms. The van der Waals surface area contributed by atoms with Crippen LogP contribution in [0.5, 0.6) is 5.75 Å². The summed E-state index contributed by atoms with van der Waals surface area (Å²) in [5.74, 6) is 0.0338. The number of benzene rings is 1. The first kappa shape index (κ1) is 64.9. The van der Waals surface area contributed by atoms with Crippen molar-refractivity contribution in [2.24, 2.45) is 9.98 Å². The van der Waals surface area contributed by atoms with Gasteiger partial charge in [-0.2, -0.15) is 0 Å². The van der Waals surface area contributed by atoms with E-state index in [2.05, 4.69) is 25.9 Å². The molecule has 0 atom stereocenters. The van der Waals surface area contributed by atoms with E-state index in [-0.39, 0.29) is 30.8 Å². The Bertz CT molecular complexity index is 2030. The molecule has 73 heavy (non-hydrogen) atoms. The molecular weight excluding hydrogens is 945 g/mol. The van der Waals surface area contributed by atoms with Crippen LogP contribution in [0.2, 0.25) is 0 Å². The van der Waals surface area contributed by atoms with Gasteiger partial charge in [0.1, 0.15) is 45.2 Å². The second kappa shape index (κ2) is 28.9. The Labute approximate surface area is 434 Å². The van der Waals surface area contributed by atoms with Crippen LogP contribution in [0.1, 0.15) is 188 Å². The number of hydrogen-bond acceptors (Lipinski definition) is 14. The fourth-order valence-corrected chi connectivity index (χ4v) is 5.94. The number of unbranched alkanes of at least 4 members (excludes halogenated alkanes) is 7. The average molecular weight is 1030 g/mol. The van der Waals surface area contributed by atoms with Crippen molar-refractivity contribution in [1.82, 2.24) is 25.8 Å². The number of nitrogens with zero attached hydrogens (tertiary/aromatic N) is 4. The van der Waals surface area contributed by atoms with E-state index in [0.717, 1.165) is 19.3 Å². The Morgan fingerprint density at radius 3 is 1.30 bits per heavy atom. The van der Waals surface area contributed by atoms with E-state index in [0.29, 0.717) is 63.0 Å². The number of amidine groups is 1. The SMILES string of the molecule is CC(C)(C)OC(=O)/N=C(/NCCCCCCCCN(C(=O)OC(C)(C)C)/C(=N/C(=O)OC(C)(C)C)N(CCCCCOc1ccc(C(=N)NC(=O)OC(C)(C)C)cc1)C(=O)OC(C)(C)C)NC(=O)OC(C)(C)C. The summed E-state index contributed by atoms with van der Waals surface area (Å²) in [6.45, 7) is 31.5. The number of carbonyl (C=O) groups is 6. The summed E-state index contributed by atoms with van der Waals surface area (Å²) in [5, 5.41) is 16.1. The topological polar surface area (TPSA) is 258 Å². The van der Waals surface area contributed by atoms with E-state index in [1.165, 1.54) is 9.80 Å². The van der Waals surface area contributed by atoms with Crippen LogP contribution in [0.25, 0.3) is 0 Å². The van der Waals surface area contributed by atoms with Gasteiger partial charge < -0.3 is 38.5 Å². The smallest absolute Gasteiger partial charge is 0.437 e. The second-order valence-electron chi connectivity index (χ2n) is 23.2. The molecule has 0 aliphatic heterocycles. The van der Waals surface area contributed by atoms with Crippen LogP contribution in [0, 0.1) is 5.41 Å². The summed E-state index contributed by atoms with van der Waals surface area (Å²) in [4.78, 5) is 89.2. The van der Waals surface area contributed by atoms with Crippen LogP contribution < -0.4 is 20.7 Å². The second-order valence-corrected chi connectivity index (χ2v) is 23.2. The normalized spacial score (nSPS) is 12.7. The van der Waals surface area contributed by atoms with Crippen molar-refractivity contribution in [2.45, 2.75) is 216 Å². The number of aliphatic imine (C=N–C) groups is 2. The van der Waals surface area contributed by atoms with Crippen molar-refractivity contribution in [3.63, 3.8) is 0 Å². The quantitative estimate of drug-likeness (QED) is 0.0490. The molecule has 0 aromatic heterocycles. The first-order valence-electron chi connectivity index (χ1n) is 25.0. The zero-order valence-electron chi connectivity index (χ0n) is 47.1. The molecule has 0 aliphatic rings. The Balaban J connectivity index is 3.21. The lowest BCUT2D eigenvalue weighted by atomic mass is 10.1. The molecule has 0 unspecified atom stereocenters. The zero-order chi connectivity index (χ0) is 56.0. The molecule has 0 saturated heterocycles. The van der Waals surface area contributed by atoms with Crippen molar-refractivity contribution in [3.8, 4) is 5.75 Å². The minimum absolute atomic E-state index is 0.00280. The molecule has 0 spiro atoms. The Kier molecular flexibility index (Phi) is 25.7. The maximum atomic E-state index is 14.1. The van der Waals surface area contributed by atoms with Crippen LogP contribution in [0.4, 0.5) is 28.8 Å². The fraction of sp³-hybridized carbons (Fsp3) is 0.712. The van der Waals surface area contributed by atoms with Gasteiger partial charge in [-0.3, -0.25) is 16.0 Å². The highest BCUT2D eigenvalue weighted by Crippen LogP contribution is 2.20. The predicted octanol–water partition coefficient (Wildman–Crippen LogP) is 11.6. The van der Waals surface area contributed by atoms with Crippen molar-refractivity contribution in [2.75, 3.05) is 26.2 Å². The number of rotatable bonds is 17. The summed E-state index contributed by atoms with van der Waals surface area (Å²) >= 11 is 0. The molecule has 0 aliphatic carbocycles. The van der Waals surface area contributed by atoms with Crippen LogP contribution >= 0.6 is 0 Å². The standard InChI is InChI=1S/C52H88N8O13/c1-47(2,3)68-41(61)55-38(53)36-28-30-37(31-29-36)67-35-27-23-26-34-60(46(66)73-52(16,17)18)40(58-44(64)71-50(10,11)12)59(45(65)72-51(13,14)15)33-25-22-20-19-21-24-32-54-39(56-42(62)69-48(4,5)6)57-43(63)70-49(7,8)9/h28-31H,19-27,32-35H2,1-18H3,(H2,53,55,61)(H2,54,56,57,62,63)/b58-40-. The summed E-state index contributed by atoms with van der Waals surface area (Å²) in [5.41, 5.74) is -4.66. The van der Waals surface area contributed by atoms with Gasteiger partial charge in [-0.05, 0) is 181 Å². The maximum absolute atomic E-state index is 14.1. The summed E-state index contributed by atoms with van der Waals surface area (Å²) in [7, 11) is 0. The summed E-state index contributed by atoms with van der Waals surface area (Å²) in [6, 6.07) is 6.67. The molecule has 1 aromatic carbocycles. The number of alkyl carbamates (subject to hydrolysis) is 2. The van der Waals surface area contributed by atoms with Crippen LogP contribution in [0.15, 0.2) is 34.3 Å². The van der Waals surface area contributed by atoms with Crippen molar-refractivity contribution in [1.29, 1.82) is 5.41 Å². The monoisotopic (exact) mass is 1030 g/mol. The molecule has 4 N–H and O–H groups in total. The largest absolute Gasteiger partial charge is 0.494 e. The Morgan fingerprint density at radius 2 is 0.863 bits per heavy atom. The lowest BCUT2D eigenvalue weighted by molar-refractivity contribution is 0.0269. The first-order valence-corrected chi connectivity index (χ1v) is 25.0. The molecule has 0 heterocycles. The van der Waals surface area contributed by atoms with Crippen LogP contribution in [0.3, 0.4) is 0 Å². The van der Waals surface area contributed by atoms with E-state index in [1.807, 2.05) is 0 Å².